The zero-order chi connectivity index (χ0) is 27.8. The fourth-order valence-corrected chi connectivity index (χ4v) is 4.72. The predicted octanol–water partition coefficient (Wildman–Crippen LogP) is 6.37. The molecule has 9 nitrogen and oxygen atoms in total. The fraction of sp³-hybridized carbons (Fsp3) is 0.129. The first-order valence-corrected chi connectivity index (χ1v) is 12.9. The van der Waals surface area contributed by atoms with Crippen LogP contribution in [0.2, 0.25) is 0 Å². The molecule has 1 amide bonds. The Balaban J connectivity index is 1.27. The topological polar surface area (TPSA) is 103 Å². The summed E-state index contributed by atoms with van der Waals surface area (Å²) in [6.45, 7) is 3.43. The van der Waals surface area contributed by atoms with Crippen LogP contribution in [0.4, 0.5) is 28.4 Å². The number of benzene rings is 2. The van der Waals surface area contributed by atoms with Crippen LogP contribution < -0.4 is 15.1 Å². The second-order valence-corrected chi connectivity index (χ2v) is 9.82. The molecule has 0 fully saturated rings. The van der Waals surface area contributed by atoms with Gasteiger partial charge in [0.15, 0.2) is 5.65 Å². The lowest BCUT2D eigenvalue weighted by atomic mass is 10.1. The number of aromatic nitrogens is 5. The van der Waals surface area contributed by atoms with Gasteiger partial charge in [0.05, 0.1) is 28.6 Å². The minimum absolute atomic E-state index is 0.116. The minimum Gasteiger partial charge on any atom is -0.378 e. The first-order valence-electron chi connectivity index (χ1n) is 12.9. The monoisotopic (exact) mass is 528 g/mol. The van der Waals surface area contributed by atoms with Gasteiger partial charge < -0.3 is 15.2 Å². The van der Waals surface area contributed by atoms with Crippen LogP contribution in [0.25, 0.3) is 33.5 Å². The molecule has 40 heavy (non-hydrogen) atoms. The quantitative estimate of drug-likeness (QED) is 0.259. The Hall–Kier alpha value is -5.31. The second kappa shape index (κ2) is 10.1. The molecular weight excluding hydrogens is 500 g/mol. The van der Waals surface area contributed by atoms with Gasteiger partial charge in [-0.25, -0.2) is 9.97 Å². The molecular formula is C31H28N8O. The van der Waals surface area contributed by atoms with Crippen LogP contribution in [0, 0.1) is 6.92 Å². The van der Waals surface area contributed by atoms with Crippen molar-refractivity contribution in [2.75, 3.05) is 29.2 Å². The number of imidazole rings is 1. The zero-order valence-electron chi connectivity index (χ0n) is 22.7. The number of anilines is 5. The highest BCUT2D eigenvalue weighted by molar-refractivity contribution is 6.00. The molecule has 0 atom stereocenters. The normalized spacial score (nSPS) is 11.1. The van der Waals surface area contributed by atoms with Gasteiger partial charge in [-0.05, 0) is 73.7 Å². The van der Waals surface area contributed by atoms with Crippen molar-refractivity contribution in [1.29, 1.82) is 0 Å². The number of nitrogens with one attached hydrogen (secondary N) is 2. The van der Waals surface area contributed by atoms with Crippen molar-refractivity contribution in [1.82, 2.24) is 24.9 Å². The number of rotatable bonds is 6. The summed E-state index contributed by atoms with van der Waals surface area (Å²) < 4.78 is 0. The van der Waals surface area contributed by atoms with Crippen molar-refractivity contribution in [3.63, 3.8) is 0 Å². The molecule has 0 radical (unpaired) electrons. The lowest BCUT2D eigenvalue weighted by molar-refractivity contribution is -0.115. The van der Waals surface area contributed by atoms with Gasteiger partial charge in [-0.15, -0.1) is 0 Å². The van der Waals surface area contributed by atoms with E-state index in [2.05, 4.69) is 47.3 Å². The maximum absolute atomic E-state index is 12.5. The molecule has 4 aromatic heterocycles. The van der Waals surface area contributed by atoms with Crippen molar-refractivity contribution < 1.29 is 4.79 Å². The number of amides is 1. The highest BCUT2D eigenvalue weighted by atomic mass is 16.2. The summed E-state index contributed by atoms with van der Waals surface area (Å²) in [6, 6.07) is 21.9. The van der Waals surface area contributed by atoms with Gasteiger partial charge >= 0.3 is 0 Å². The maximum atomic E-state index is 12.5. The van der Waals surface area contributed by atoms with Crippen LogP contribution in [0.15, 0.2) is 85.3 Å². The first kappa shape index (κ1) is 25.0. The smallest absolute Gasteiger partial charge is 0.228 e. The van der Waals surface area contributed by atoms with Crippen molar-refractivity contribution in [2.24, 2.45) is 0 Å². The van der Waals surface area contributed by atoms with Crippen molar-refractivity contribution in [3.8, 4) is 11.4 Å². The summed E-state index contributed by atoms with van der Waals surface area (Å²) in [6.07, 6.45) is 5.17. The Morgan fingerprint density at radius 1 is 0.850 bits per heavy atom. The Morgan fingerprint density at radius 2 is 1.65 bits per heavy atom. The van der Waals surface area contributed by atoms with Gasteiger partial charge in [-0.3, -0.25) is 19.7 Å². The molecule has 0 aliphatic carbocycles. The number of aromatic amines is 1. The lowest BCUT2D eigenvalue weighted by Crippen LogP contribution is -2.23. The van der Waals surface area contributed by atoms with Gasteiger partial charge in [0.2, 0.25) is 5.91 Å². The van der Waals surface area contributed by atoms with E-state index < -0.39 is 0 Å². The number of H-pyrrole nitrogens is 1. The number of carbonyl (C=O) groups is 1. The molecule has 0 saturated carbocycles. The molecule has 0 unspecified atom stereocenters. The Morgan fingerprint density at radius 3 is 2.40 bits per heavy atom. The van der Waals surface area contributed by atoms with E-state index in [0.717, 1.165) is 50.4 Å². The highest BCUT2D eigenvalue weighted by Gasteiger charge is 2.17. The van der Waals surface area contributed by atoms with Crippen LogP contribution in [-0.2, 0) is 4.79 Å². The summed E-state index contributed by atoms with van der Waals surface area (Å²) >= 11 is 0. The second-order valence-electron chi connectivity index (χ2n) is 9.82. The first-order chi connectivity index (χ1) is 19.4. The van der Waals surface area contributed by atoms with Crippen LogP contribution >= 0.6 is 0 Å². The van der Waals surface area contributed by atoms with Crippen LogP contribution in [0.1, 0.15) is 12.6 Å². The zero-order valence-corrected chi connectivity index (χ0v) is 22.7. The average Bonchev–Trinajstić information content (AvgIpc) is 3.37. The SMILES string of the molecule is CC(=O)N(c1ccnc(C)c1)c1cnc2nc(-c3ccc(Nc4ccnc5ccc(N(C)C)cc45)cc3)[nH]c2c1. The Labute approximate surface area is 231 Å². The number of hydrogen-bond acceptors (Lipinski definition) is 7. The third-order valence-electron chi connectivity index (χ3n) is 6.71. The molecule has 6 aromatic rings. The van der Waals surface area contributed by atoms with Gasteiger partial charge in [-0.1, -0.05) is 0 Å². The van der Waals surface area contributed by atoms with Crippen molar-refractivity contribution in [2.45, 2.75) is 13.8 Å². The maximum Gasteiger partial charge on any atom is 0.228 e. The van der Waals surface area contributed by atoms with Crippen LogP contribution in [0.3, 0.4) is 0 Å². The molecule has 4 heterocycles. The summed E-state index contributed by atoms with van der Waals surface area (Å²) in [5.41, 5.74) is 8.46. The molecule has 198 valence electrons. The van der Waals surface area contributed by atoms with Gasteiger partial charge in [-0.2, -0.15) is 0 Å². The van der Waals surface area contributed by atoms with Crippen LogP contribution in [-0.4, -0.2) is 44.9 Å². The Kier molecular flexibility index (Phi) is 6.31. The molecule has 0 saturated heterocycles. The van der Waals surface area contributed by atoms with Crippen LogP contribution in [0.5, 0.6) is 0 Å². The summed E-state index contributed by atoms with van der Waals surface area (Å²) in [5, 5.41) is 4.58. The van der Waals surface area contributed by atoms with E-state index in [0.29, 0.717) is 17.2 Å². The van der Waals surface area contributed by atoms with E-state index in [4.69, 9.17) is 0 Å². The summed E-state index contributed by atoms with van der Waals surface area (Å²) in [4.78, 5) is 37.5. The minimum atomic E-state index is -0.116. The number of fused-ring (bicyclic) bond motifs is 2. The number of hydrogen-bond donors (Lipinski definition) is 2. The predicted molar refractivity (Wildman–Crippen MR) is 160 cm³/mol. The van der Waals surface area contributed by atoms with E-state index in [1.54, 1.807) is 17.3 Å². The number of pyridine rings is 3. The number of carbonyl (C=O) groups excluding carboxylic acids is 1. The fourth-order valence-electron chi connectivity index (χ4n) is 4.72. The number of nitrogens with zero attached hydrogens (tertiary/aromatic N) is 6. The van der Waals surface area contributed by atoms with Crippen molar-refractivity contribution >= 4 is 56.4 Å². The molecule has 0 bridgehead atoms. The molecule has 6 rings (SSSR count). The van der Waals surface area contributed by atoms with Gasteiger partial charge in [0.1, 0.15) is 5.82 Å². The summed E-state index contributed by atoms with van der Waals surface area (Å²) in [5.74, 6) is 0.583. The van der Waals surface area contributed by atoms with E-state index in [-0.39, 0.29) is 5.91 Å². The van der Waals surface area contributed by atoms with Gasteiger partial charge in [0, 0.05) is 67.1 Å². The average molecular weight is 529 g/mol. The standard InChI is InChI=1S/C31H28N8O/c1-19-15-24(11-13-32-19)39(20(2)40)25-17-29-31(34-18-25)37-30(36-29)21-5-7-22(8-6-21)35-28-12-14-33-27-10-9-23(38(3)4)16-26(27)28/h5-18H,1-4H3,(H,33,35)(H,34,36,37). The van der Waals surface area contributed by atoms with E-state index in [1.165, 1.54) is 6.92 Å². The summed E-state index contributed by atoms with van der Waals surface area (Å²) in [7, 11) is 4.05. The lowest BCUT2D eigenvalue weighted by Gasteiger charge is -2.21. The largest absolute Gasteiger partial charge is 0.378 e. The van der Waals surface area contributed by atoms with E-state index >= 15 is 0 Å². The van der Waals surface area contributed by atoms with Crippen molar-refractivity contribution in [3.05, 3.63) is 91.0 Å². The van der Waals surface area contributed by atoms with E-state index in [9.17, 15) is 4.79 Å². The third kappa shape index (κ3) is 4.80. The third-order valence-corrected chi connectivity index (χ3v) is 6.71. The molecule has 0 aliphatic heterocycles. The Bertz CT molecular complexity index is 1860. The molecule has 0 aliphatic rings. The van der Waals surface area contributed by atoms with E-state index in [1.807, 2.05) is 81.8 Å². The van der Waals surface area contributed by atoms with Gasteiger partial charge in [0.25, 0.3) is 0 Å². The molecule has 9 heteroatoms. The number of aryl methyl sites for hydroxylation is 1. The molecule has 2 N–H and O–H groups in total. The molecule has 0 spiro atoms. The molecule has 2 aromatic carbocycles. The highest BCUT2D eigenvalue weighted by Crippen LogP contribution is 2.31.